The molecule has 2 aliphatic rings. The van der Waals surface area contributed by atoms with Gasteiger partial charge in [-0.1, -0.05) is 42.5 Å². The summed E-state index contributed by atoms with van der Waals surface area (Å²) in [7, 11) is 1.76. The van der Waals surface area contributed by atoms with Gasteiger partial charge in [-0.05, 0) is 37.1 Å². The first kappa shape index (κ1) is 21.6. The van der Waals surface area contributed by atoms with E-state index in [2.05, 4.69) is 5.32 Å². The van der Waals surface area contributed by atoms with Crippen LogP contribution in [0.15, 0.2) is 65.9 Å². The SMILES string of the molecule is CN1C(=O)C2=C(NCCN(C(=O)Cc3ccccc3)C2c2ccc(C(=O)O)cc2)C1(C)C. The van der Waals surface area contributed by atoms with Crippen molar-refractivity contribution in [1.29, 1.82) is 0 Å². The number of carbonyl (C=O) groups excluding carboxylic acids is 2. The lowest BCUT2D eigenvalue weighted by atomic mass is 9.92. The van der Waals surface area contributed by atoms with E-state index in [0.717, 1.165) is 11.3 Å². The van der Waals surface area contributed by atoms with Crippen molar-refractivity contribution in [3.05, 3.63) is 82.6 Å². The minimum atomic E-state index is -1.02. The van der Waals surface area contributed by atoms with Crippen LogP contribution in [0.5, 0.6) is 0 Å². The summed E-state index contributed by atoms with van der Waals surface area (Å²) in [6.45, 7) is 4.91. The second-order valence-electron chi connectivity index (χ2n) is 8.72. The minimum absolute atomic E-state index is 0.0841. The third-order valence-corrected chi connectivity index (χ3v) is 6.49. The number of amides is 2. The van der Waals surface area contributed by atoms with Crippen molar-refractivity contribution in [3.8, 4) is 0 Å². The Bertz CT molecular complexity index is 1090. The fourth-order valence-corrected chi connectivity index (χ4v) is 4.49. The van der Waals surface area contributed by atoms with Crippen molar-refractivity contribution in [2.75, 3.05) is 20.1 Å². The largest absolute Gasteiger partial charge is 0.478 e. The molecule has 2 heterocycles. The molecule has 0 saturated heterocycles. The molecule has 0 fully saturated rings. The Hall–Kier alpha value is -3.61. The fraction of sp³-hybridized carbons (Fsp3) is 0.320. The molecule has 1 atom stereocenters. The van der Waals surface area contributed by atoms with E-state index < -0.39 is 17.6 Å². The smallest absolute Gasteiger partial charge is 0.335 e. The molecule has 32 heavy (non-hydrogen) atoms. The van der Waals surface area contributed by atoms with E-state index >= 15 is 0 Å². The van der Waals surface area contributed by atoms with Crippen LogP contribution >= 0.6 is 0 Å². The first-order valence-corrected chi connectivity index (χ1v) is 10.6. The highest BCUT2D eigenvalue weighted by molar-refractivity contribution is 6.00. The van der Waals surface area contributed by atoms with Gasteiger partial charge in [0, 0.05) is 25.8 Å². The van der Waals surface area contributed by atoms with Crippen LogP contribution in [-0.2, 0) is 16.0 Å². The van der Waals surface area contributed by atoms with Crippen molar-refractivity contribution in [1.82, 2.24) is 15.1 Å². The number of hydrogen-bond donors (Lipinski definition) is 2. The van der Waals surface area contributed by atoms with Gasteiger partial charge in [-0.2, -0.15) is 0 Å². The summed E-state index contributed by atoms with van der Waals surface area (Å²) in [6, 6.07) is 15.4. The molecule has 2 aromatic carbocycles. The molecular weight excluding hydrogens is 406 g/mol. The molecule has 1 unspecified atom stereocenters. The Labute approximate surface area is 187 Å². The van der Waals surface area contributed by atoms with Gasteiger partial charge in [0.2, 0.25) is 5.91 Å². The molecule has 7 heteroatoms. The van der Waals surface area contributed by atoms with Crippen molar-refractivity contribution in [2.45, 2.75) is 31.8 Å². The topological polar surface area (TPSA) is 90.0 Å². The van der Waals surface area contributed by atoms with E-state index in [-0.39, 0.29) is 23.8 Å². The number of likely N-dealkylation sites (N-methyl/N-ethyl adjacent to an activating group) is 1. The van der Waals surface area contributed by atoms with E-state index in [1.54, 1.807) is 29.0 Å². The van der Waals surface area contributed by atoms with Crippen molar-refractivity contribution < 1.29 is 19.5 Å². The van der Waals surface area contributed by atoms with Gasteiger partial charge in [0.1, 0.15) is 0 Å². The Balaban J connectivity index is 1.81. The number of benzene rings is 2. The van der Waals surface area contributed by atoms with Crippen LogP contribution in [0.2, 0.25) is 0 Å². The average Bonchev–Trinajstić information content (AvgIpc) is 2.93. The molecule has 2 aliphatic heterocycles. The molecule has 2 aromatic rings. The second kappa shape index (κ2) is 8.15. The lowest BCUT2D eigenvalue weighted by Crippen LogP contribution is -2.46. The highest BCUT2D eigenvalue weighted by atomic mass is 16.4. The standard InChI is InChI=1S/C25H27N3O4/c1-25(2)22-20(23(30)27(25)3)21(17-9-11-18(12-10-17)24(31)32)28(14-13-26-22)19(29)15-16-7-5-4-6-8-16/h4-12,21,26H,13-15H2,1-3H3,(H,31,32). The van der Waals surface area contributed by atoms with Gasteiger partial charge in [0.05, 0.1) is 29.1 Å². The summed E-state index contributed by atoms with van der Waals surface area (Å²) < 4.78 is 0. The second-order valence-corrected chi connectivity index (χ2v) is 8.72. The third-order valence-electron chi connectivity index (χ3n) is 6.49. The lowest BCUT2D eigenvalue weighted by Gasteiger charge is -2.33. The Morgan fingerprint density at radius 1 is 1.09 bits per heavy atom. The zero-order chi connectivity index (χ0) is 23.0. The van der Waals surface area contributed by atoms with E-state index in [4.69, 9.17) is 0 Å². The lowest BCUT2D eigenvalue weighted by molar-refractivity contribution is -0.133. The van der Waals surface area contributed by atoms with Crippen LogP contribution in [-0.4, -0.2) is 58.4 Å². The van der Waals surface area contributed by atoms with Crippen molar-refractivity contribution in [3.63, 3.8) is 0 Å². The summed E-state index contributed by atoms with van der Waals surface area (Å²) in [5.41, 5.74) is 2.59. The summed E-state index contributed by atoms with van der Waals surface area (Å²) >= 11 is 0. The van der Waals surface area contributed by atoms with E-state index in [1.807, 2.05) is 44.2 Å². The maximum atomic E-state index is 13.5. The van der Waals surface area contributed by atoms with Gasteiger partial charge in [-0.25, -0.2) is 4.79 Å². The summed E-state index contributed by atoms with van der Waals surface area (Å²) in [5, 5.41) is 12.7. The van der Waals surface area contributed by atoms with Crippen LogP contribution < -0.4 is 5.32 Å². The van der Waals surface area contributed by atoms with Crippen LogP contribution in [0.1, 0.15) is 41.4 Å². The molecule has 4 rings (SSSR count). The van der Waals surface area contributed by atoms with E-state index in [1.165, 1.54) is 12.1 Å². The number of carboxylic acid groups (broad SMARTS) is 1. The first-order valence-electron chi connectivity index (χ1n) is 10.6. The predicted octanol–water partition coefficient (Wildman–Crippen LogP) is 2.61. The maximum absolute atomic E-state index is 13.5. The van der Waals surface area contributed by atoms with Gasteiger partial charge in [0.25, 0.3) is 5.91 Å². The van der Waals surface area contributed by atoms with Gasteiger partial charge >= 0.3 is 5.97 Å². The van der Waals surface area contributed by atoms with Crippen LogP contribution in [0, 0.1) is 0 Å². The Kier molecular flexibility index (Phi) is 5.50. The number of rotatable bonds is 4. The molecule has 166 valence electrons. The van der Waals surface area contributed by atoms with Crippen LogP contribution in [0.3, 0.4) is 0 Å². The molecule has 2 N–H and O–H groups in total. The number of nitrogens with zero attached hydrogens (tertiary/aromatic N) is 2. The summed E-state index contributed by atoms with van der Waals surface area (Å²) in [6.07, 6.45) is 0.223. The molecule has 0 spiro atoms. The molecule has 0 bridgehead atoms. The molecule has 0 aliphatic carbocycles. The van der Waals surface area contributed by atoms with Crippen LogP contribution in [0.25, 0.3) is 0 Å². The van der Waals surface area contributed by atoms with Crippen molar-refractivity contribution in [2.24, 2.45) is 0 Å². The van der Waals surface area contributed by atoms with E-state index in [0.29, 0.717) is 24.2 Å². The fourth-order valence-electron chi connectivity index (χ4n) is 4.49. The minimum Gasteiger partial charge on any atom is -0.478 e. The Morgan fingerprint density at radius 2 is 1.75 bits per heavy atom. The van der Waals surface area contributed by atoms with Crippen molar-refractivity contribution >= 4 is 17.8 Å². The summed E-state index contributed by atoms with van der Waals surface area (Å²) in [5.74, 6) is -1.24. The van der Waals surface area contributed by atoms with Gasteiger partial charge < -0.3 is 20.2 Å². The highest BCUT2D eigenvalue weighted by Gasteiger charge is 2.49. The van der Waals surface area contributed by atoms with Gasteiger partial charge in [-0.3, -0.25) is 9.59 Å². The number of aromatic carboxylic acids is 1. The van der Waals surface area contributed by atoms with Gasteiger partial charge in [0.15, 0.2) is 0 Å². The molecule has 0 radical (unpaired) electrons. The molecular formula is C25H27N3O4. The van der Waals surface area contributed by atoms with Gasteiger partial charge in [-0.15, -0.1) is 0 Å². The molecule has 7 nitrogen and oxygen atoms in total. The summed E-state index contributed by atoms with van der Waals surface area (Å²) in [4.78, 5) is 41.6. The van der Waals surface area contributed by atoms with E-state index in [9.17, 15) is 19.5 Å². The molecule has 2 amide bonds. The molecule has 0 aromatic heterocycles. The average molecular weight is 434 g/mol. The number of carbonyl (C=O) groups is 3. The monoisotopic (exact) mass is 433 g/mol. The third kappa shape index (κ3) is 3.64. The number of carboxylic acids is 1. The number of nitrogens with one attached hydrogen (secondary N) is 1. The maximum Gasteiger partial charge on any atom is 0.335 e. The zero-order valence-electron chi connectivity index (χ0n) is 18.5. The zero-order valence-corrected chi connectivity index (χ0v) is 18.5. The predicted molar refractivity (Wildman–Crippen MR) is 120 cm³/mol. The first-order chi connectivity index (χ1) is 15.2. The molecule has 0 saturated carbocycles. The van der Waals surface area contributed by atoms with Crippen LogP contribution in [0.4, 0.5) is 0 Å². The quantitative estimate of drug-likeness (QED) is 0.774. The highest BCUT2D eigenvalue weighted by Crippen LogP contribution is 2.42. The normalized spacial score (nSPS) is 20.0. The Morgan fingerprint density at radius 3 is 2.38 bits per heavy atom. The number of hydrogen-bond acceptors (Lipinski definition) is 4.